The molecule has 5 heteroatoms. The van der Waals surface area contributed by atoms with Gasteiger partial charge in [0.1, 0.15) is 11.5 Å². The highest BCUT2D eigenvalue weighted by Gasteiger charge is 2.18. The lowest BCUT2D eigenvalue weighted by molar-refractivity contribution is 0.128. The van der Waals surface area contributed by atoms with E-state index in [1.54, 1.807) is 0 Å². The van der Waals surface area contributed by atoms with Crippen molar-refractivity contribution in [3.05, 3.63) is 23.8 Å². The summed E-state index contributed by atoms with van der Waals surface area (Å²) >= 11 is 0. The molecule has 18 heavy (non-hydrogen) atoms. The van der Waals surface area contributed by atoms with Crippen LogP contribution in [0.25, 0.3) is 0 Å². The van der Waals surface area contributed by atoms with Gasteiger partial charge in [-0.15, -0.1) is 12.4 Å². The number of nitrogens with two attached hydrogens (primary N) is 1. The van der Waals surface area contributed by atoms with Crippen molar-refractivity contribution in [3.63, 3.8) is 0 Å². The Morgan fingerprint density at radius 2 is 1.56 bits per heavy atom. The van der Waals surface area contributed by atoms with Crippen molar-refractivity contribution < 1.29 is 15.3 Å². The largest absolute Gasteiger partial charge is 0.508 e. The highest BCUT2D eigenvalue weighted by Crippen LogP contribution is 2.26. The quantitative estimate of drug-likeness (QED) is 0.664. The summed E-state index contributed by atoms with van der Waals surface area (Å²) in [5.74, 6) is 0.410. The highest BCUT2D eigenvalue weighted by molar-refractivity contribution is 5.85. The summed E-state index contributed by atoms with van der Waals surface area (Å²) < 4.78 is 0. The van der Waals surface area contributed by atoms with Crippen molar-refractivity contribution in [2.45, 2.75) is 38.8 Å². The monoisotopic (exact) mass is 275 g/mol. The lowest BCUT2D eigenvalue weighted by Crippen LogP contribution is -2.26. The first-order valence-corrected chi connectivity index (χ1v) is 5.86. The summed E-state index contributed by atoms with van der Waals surface area (Å²) in [4.78, 5) is 0. The number of aliphatic hydroxyl groups excluding tert-OH is 1. The molecule has 0 aliphatic rings. The summed E-state index contributed by atoms with van der Waals surface area (Å²) in [5.41, 5.74) is 6.43. The van der Waals surface area contributed by atoms with Gasteiger partial charge in [-0.2, -0.15) is 0 Å². The second-order valence-electron chi connectivity index (χ2n) is 4.85. The Balaban J connectivity index is 0.00000289. The van der Waals surface area contributed by atoms with E-state index in [-0.39, 0.29) is 23.9 Å². The fourth-order valence-electron chi connectivity index (χ4n) is 1.72. The zero-order valence-electron chi connectivity index (χ0n) is 10.7. The molecule has 0 saturated carbocycles. The third kappa shape index (κ3) is 5.12. The first-order chi connectivity index (χ1) is 7.90. The maximum atomic E-state index is 9.91. The van der Waals surface area contributed by atoms with E-state index in [1.165, 1.54) is 18.2 Å². The van der Waals surface area contributed by atoms with Crippen LogP contribution < -0.4 is 5.73 Å². The summed E-state index contributed by atoms with van der Waals surface area (Å²) in [6.07, 6.45) is 0.827. The van der Waals surface area contributed by atoms with Gasteiger partial charge in [0, 0.05) is 6.07 Å². The van der Waals surface area contributed by atoms with Gasteiger partial charge in [-0.1, -0.05) is 13.8 Å². The van der Waals surface area contributed by atoms with Crippen LogP contribution in [0.1, 0.15) is 38.3 Å². The number of halogens is 1. The van der Waals surface area contributed by atoms with Crippen molar-refractivity contribution in [2.75, 3.05) is 0 Å². The molecule has 0 aromatic heterocycles. The van der Waals surface area contributed by atoms with Gasteiger partial charge in [-0.05, 0) is 36.5 Å². The molecule has 1 rings (SSSR count). The Hall–Kier alpha value is -0.970. The van der Waals surface area contributed by atoms with Crippen LogP contribution in [0.4, 0.5) is 0 Å². The molecule has 1 aromatic rings. The number of hydrogen-bond donors (Lipinski definition) is 4. The smallest absolute Gasteiger partial charge is 0.119 e. The SMILES string of the molecule is CC(C)CC[C@@H](O)[C@@H](N)c1cc(O)cc(O)c1.Cl. The third-order valence-corrected chi connectivity index (χ3v) is 2.76. The van der Waals surface area contributed by atoms with E-state index < -0.39 is 12.1 Å². The molecule has 2 atom stereocenters. The summed E-state index contributed by atoms with van der Waals surface area (Å²) in [7, 11) is 0. The molecule has 0 amide bonds. The van der Waals surface area contributed by atoms with Gasteiger partial charge < -0.3 is 21.1 Å². The van der Waals surface area contributed by atoms with Crippen molar-refractivity contribution in [1.82, 2.24) is 0 Å². The summed E-state index contributed by atoms with van der Waals surface area (Å²) in [6, 6.07) is 3.56. The molecule has 0 unspecified atom stereocenters. The Morgan fingerprint density at radius 1 is 1.06 bits per heavy atom. The fraction of sp³-hybridized carbons (Fsp3) is 0.538. The van der Waals surface area contributed by atoms with Crippen molar-refractivity contribution in [1.29, 1.82) is 0 Å². The number of benzene rings is 1. The van der Waals surface area contributed by atoms with Crippen molar-refractivity contribution in [2.24, 2.45) is 11.7 Å². The first-order valence-electron chi connectivity index (χ1n) is 5.86. The van der Waals surface area contributed by atoms with Crippen LogP contribution >= 0.6 is 12.4 Å². The molecule has 5 N–H and O–H groups in total. The molecular weight excluding hydrogens is 254 g/mol. The first kappa shape index (κ1) is 17.0. The molecule has 0 bridgehead atoms. The molecule has 0 spiro atoms. The van der Waals surface area contributed by atoms with Crippen LogP contribution in [0.15, 0.2) is 18.2 Å². The second kappa shape index (κ2) is 7.46. The van der Waals surface area contributed by atoms with Gasteiger partial charge >= 0.3 is 0 Å². The Bertz CT molecular complexity index is 351. The maximum Gasteiger partial charge on any atom is 0.119 e. The average molecular weight is 276 g/mol. The minimum atomic E-state index is -0.668. The van der Waals surface area contributed by atoms with Gasteiger partial charge in [-0.25, -0.2) is 0 Å². The molecule has 1 aromatic carbocycles. The van der Waals surface area contributed by atoms with Crippen LogP contribution in [0.3, 0.4) is 0 Å². The second-order valence-corrected chi connectivity index (χ2v) is 4.85. The van der Waals surface area contributed by atoms with Crippen LogP contribution in [0, 0.1) is 5.92 Å². The van der Waals surface area contributed by atoms with Crippen molar-refractivity contribution >= 4 is 12.4 Å². The number of phenols is 2. The molecule has 0 saturated heterocycles. The van der Waals surface area contributed by atoms with Crippen LogP contribution in [0.5, 0.6) is 11.5 Å². The van der Waals surface area contributed by atoms with E-state index in [2.05, 4.69) is 13.8 Å². The van der Waals surface area contributed by atoms with Crippen LogP contribution in [-0.2, 0) is 0 Å². The van der Waals surface area contributed by atoms with E-state index in [9.17, 15) is 15.3 Å². The number of aromatic hydroxyl groups is 2. The fourth-order valence-corrected chi connectivity index (χ4v) is 1.72. The Labute approximate surface area is 114 Å². The number of rotatable bonds is 5. The zero-order chi connectivity index (χ0) is 13.0. The van der Waals surface area contributed by atoms with E-state index in [0.29, 0.717) is 17.9 Å². The van der Waals surface area contributed by atoms with Gasteiger partial charge in [0.25, 0.3) is 0 Å². The molecule has 104 valence electrons. The summed E-state index contributed by atoms with van der Waals surface area (Å²) in [5, 5.41) is 28.6. The standard InChI is InChI=1S/C13H21NO3.ClH/c1-8(2)3-4-12(17)13(14)9-5-10(15)7-11(16)6-9;/h5-8,12-13,15-17H,3-4,14H2,1-2H3;1H/t12-,13+;/m1./s1. The Morgan fingerprint density at radius 3 is 2.00 bits per heavy atom. The van der Waals surface area contributed by atoms with Gasteiger partial charge in [0.05, 0.1) is 12.1 Å². The Kier molecular flexibility index (Phi) is 7.06. The highest BCUT2D eigenvalue weighted by atomic mass is 35.5. The minimum Gasteiger partial charge on any atom is -0.508 e. The van der Waals surface area contributed by atoms with Gasteiger partial charge in [0.15, 0.2) is 0 Å². The number of phenolic OH excluding ortho intramolecular Hbond substituents is 2. The lowest BCUT2D eigenvalue weighted by Gasteiger charge is -2.20. The lowest BCUT2D eigenvalue weighted by atomic mass is 9.96. The molecular formula is C13H22ClNO3. The van der Waals surface area contributed by atoms with Gasteiger partial charge in [-0.3, -0.25) is 0 Å². The normalized spacial score (nSPS) is 14.1. The topological polar surface area (TPSA) is 86.7 Å². The zero-order valence-corrected chi connectivity index (χ0v) is 11.5. The predicted molar refractivity (Wildman–Crippen MR) is 74.0 cm³/mol. The van der Waals surface area contributed by atoms with Crippen LogP contribution in [0.2, 0.25) is 0 Å². The average Bonchev–Trinajstić information content (AvgIpc) is 2.23. The predicted octanol–water partition coefficient (Wildman–Crippen LogP) is 2.32. The number of aliphatic hydroxyl groups is 1. The van der Waals surface area contributed by atoms with Crippen LogP contribution in [-0.4, -0.2) is 21.4 Å². The number of hydrogen-bond acceptors (Lipinski definition) is 4. The molecule has 0 heterocycles. The van der Waals surface area contributed by atoms with Crippen molar-refractivity contribution in [3.8, 4) is 11.5 Å². The summed E-state index contributed by atoms with van der Waals surface area (Å²) in [6.45, 7) is 4.16. The molecule has 0 aliphatic carbocycles. The molecule has 0 radical (unpaired) electrons. The van der Waals surface area contributed by atoms with E-state index in [0.717, 1.165) is 6.42 Å². The molecule has 0 fully saturated rings. The third-order valence-electron chi connectivity index (χ3n) is 2.76. The van der Waals surface area contributed by atoms with E-state index in [4.69, 9.17) is 5.73 Å². The molecule has 4 nitrogen and oxygen atoms in total. The maximum absolute atomic E-state index is 9.91. The van der Waals surface area contributed by atoms with Gasteiger partial charge in [0.2, 0.25) is 0 Å². The minimum absolute atomic E-state index is 0. The van der Waals surface area contributed by atoms with E-state index >= 15 is 0 Å². The molecule has 0 aliphatic heterocycles. The van der Waals surface area contributed by atoms with E-state index in [1.807, 2.05) is 0 Å².